The summed E-state index contributed by atoms with van der Waals surface area (Å²) < 4.78 is 2.13. The van der Waals surface area contributed by atoms with Crippen molar-refractivity contribution in [1.82, 2.24) is 29.5 Å². The number of piperazine rings is 1. The lowest BCUT2D eigenvalue weighted by Gasteiger charge is -2.41. The summed E-state index contributed by atoms with van der Waals surface area (Å²) >= 11 is 0. The first kappa shape index (κ1) is 19.5. The van der Waals surface area contributed by atoms with Crippen molar-refractivity contribution >= 4 is 16.9 Å². The molecule has 0 radical (unpaired) electrons. The van der Waals surface area contributed by atoms with Crippen LogP contribution >= 0.6 is 0 Å². The predicted octanol–water partition coefficient (Wildman–Crippen LogP) is 3.12. The fourth-order valence-corrected chi connectivity index (χ4v) is 5.02. The third-order valence-electron chi connectivity index (χ3n) is 6.91. The van der Waals surface area contributed by atoms with E-state index in [0.29, 0.717) is 17.9 Å². The molecule has 158 valence electrons. The average molecular weight is 406 g/mol. The minimum Gasteiger partial charge on any atom is -0.383 e. The maximum absolute atomic E-state index is 6.28. The maximum Gasteiger partial charge on any atom is 0.164 e. The van der Waals surface area contributed by atoms with Crippen LogP contribution in [-0.4, -0.2) is 68.8 Å². The van der Waals surface area contributed by atoms with Gasteiger partial charge in [0.05, 0.1) is 11.4 Å². The lowest BCUT2D eigenvalue weighted by atomic mass is 9.90. The molecule has 1 aliphatic carbocycles. The highest BCUT2D eigenvalue weighted by Gasteiger charge is 2.30. The number of nitrogen functional groups attached to an aromatic ring is 1. The zero-order chi connectivity index (χ0) is 20.7. The molecule has 0 spiro atoms. The van der Waals surface area contributed by atoms with Gasteiger partial charge in [-0.05, 0) is 39.7 Å². The highest BCUT2D eigenvalue weighted by molar-refractivity contribution is 5.98. The van der Waals surface area contributed by atoms with Gasteiger partial charge in [-0.2, -0.15) is 5.10 Å². The van der Waals surface area contributed by atoms with Crippen LogP contribution in [0.15, 0.2) is 30.6 Å². The van der Waals surface area contributed by atoms with E-state index in [-0.39, 0.29) is 0 Å². The van der Waals surface area contributed by atoms with E-state index >= 15 is 0 Å². The van der Waals surface area contributed by atoms with Gasteiger partial charge in [-0.1, -0.05) is 29.8 Å². The van der Waals surface area contributed by atoms with Crippen LogP contribution in [0.4, 0.5) is 5.82 Å². The molecule has 1 aliphatic heterocycles. The first-order chi connectivity index (χ1) is 14.6. The van der Waals surface area contributed by atoms with Crippen molar-refractivity contribution in [3.63, 3.8) is 0 Å². The standard InChI is InChI=1S/C23H31N7/c1-16-3-5-17(6-4-16)21-20-22(24)25-15-26-23(20)30(27-21)19-9-7-18(8-10-19)29-13-11-28(2)12-14-29/h3-6,15,18-19H,7-14H2,1-2H3,(H2,24,25,26). The van der Waals surface area contributed by atoms with Crippen LogP contribution in [0.3, 0.4) is 0 Å². The summed E-state index contributed by atoms with van der Waals surface area (Å²) in [6, 6.07) is 9.51. The summed E-state index contributed by atoms with van der Waals surface area (Å²) in [4.78, 5) is 14.0. The quantitative estimate of drug-likeness (QED) is 0.722. The summed E-state index contributed by atoms with van der Waals surface area (Å²) in [5, 5.41) is 5.91. The van der Waals surface area contributed by atoms with Crippen molar-refractivity contribution in [2.45, 2.75) is 44.7 Å². The summed E-state index contributed by atoms with van der Waals surface area (Å²) in [5.41, 5.74) is 10.3. The first-order valence-corrected chi connectivity index (χ1v) is 11.1. The van der Waals surface area contributed by atoms with E-state index in [4.69, 9.17) is 10.8 Å². The number of fused-ring (bicyclic) bond motifs is 1. The van der Waals surface area contributed by atoms with Crippen LogP contribution in [0.5, 0.6) is 0 Å². The fraction of sp³-hybridized carbons (Fsp3) is 0.522. The van der Waals surface area contributed by atoms with Gasteiger partial charge in [0.2, 0.25) is 0 Å². The zero-order valence-electron chi connectivity index (χ0n) is 18.0. The molecule has 30 heavy (non-hydrogen) atoms. The van der Waals surface area contributed by atoms with Crippen molar-refractivity contribution in [2.75, 3.05) is 39.0 Å². The van der Waals surface area contributed by atoms with Gasteiger partial charge in [-0.3, -0.25) is 4.90 Å². The number of nitrogens with two attached hydrogens (primary N) is 1. The molecular formula is C23H31N7. The van der Waals surface area contributed by atoms with Crippen LogP contribution in [0.2, 0.25) is 0 Å². The van der Waals surface area contributed by atoms with Gasteiger partial charge in [0.25, 0.3) is 0 Å². The zero-order valence-corrected chi connectivity index (χ0v) is 18.0. The Balaban J connectivity index is 1.41. The van der Waals surface area contributed by atoms with Crippen LogP contribution < -0.4 is 5.73 Å². The molecule has 2 aliphatic rings. The summed E-state index contributed by atoms with van der Waals surface area (Å²) in [6.45, 7) is 6.84. The smallest absolute Gasteiger partial charge is 0.164 e. The molecule has 2 fully saturated rings. The topological polar surface area (TPSA) is 76.1 Å². The molecule has 7 heteroatoms. The van der Waals surface area contributed by atoms with Crippen molar-refractivity contribution in [1.29, 1.82) is 0 Å². The van der Waals surface area contributed by atoms with Crippen LogP contribution in [0.1, 0.15) is 37.3 Å². The Morgan fingerprint density at radius 3 is 2.27 bits per heavy atom. The van der Waals surface area contributed by atoms with Crippen molar-refractivity contribution in [3.8, 4) is 11.3 Å². The number of aryl methyl sites for hydroxylation is 1. The average Bonchev–Trinajstić information content (AvgIpc) is 3.16. The molecule has 7 nitrogen and oxygen atoms in total. The van der Waals surface area contributed by atoms with Gasteiger partial charge in [-0.15, -0.1) is 0 Å². The molecule has 0 bridgehead atoms. The SMILES string of the molecule is Cc1ccc(-c2nn(C3CCC(N4CCN(C)CC4)CC3)c3ncnc(N)c23)cc1. The molecule has 5 rings (SSSR count). The normalized spacial score (nSPS) is 23.8. The summed E-state index contributed by atoms with van der Waals surface area (Å²) in [5.74, 6) is 0.507. The molecular weight excluding hydrogens is 374 g/mol. The van der Waals surface area contributed by atoms with E-state index < -0.39 is 0 Å². The highest BCUT2D eigenvalue weighted by Crippen LogP contribution is 2.37. The number of nitrogens with zero attached hydrogens (tertiary/aromatic N) is 6. The second-order valence-electron chi connectivity index (χ2n) is 8.92. The number of rotatable bonds is 3. The second kappa shape index (κ2) is 7.96. The van der Waals surface area contributed by atoms with E-state index in [1.807, 2.05) is 0 Å². The number of anilines is 1. The first-order valence-electron chi connectivity index (χ1n) is 11.1. The second-order valence-corrected chi connectivity index (χ2v) is 8.92. The third kappa shape index (κ3) is 3.56. The monoisotopic (exact) mass is 405 g/mol. The van der Waals surface area contributed by atoms with Crippen molar-refractivity contribution < 1.29 is 0 Å². The molecule has 0 amide bonds. The number of hydrogen-bond acceptors (Lipinski definition) is 6. The lowest BCUT2D eigenvalue weighted by Crippen LogP contribution is -2.49. The van der Waals surface area contributed by atoms with E-state index in [0.717, 1.165) is 35.1 Å². The van der Waals surface area contributed by atoms with Crippen LogP contribution in [-0.2, 0) is 0 Å². The van der Waals surface area contributed by atoms with Gasteiger partial charge in [0, 0.05) is 37.8 Å². The molecule has 1 saturated carbocycles. The molecule has 3 heterocycles. The molecule has 2 aromatic heterocycles. The van der Waals surface area contributed by atoms with E-state index in [2.05, 4.69) is 62.7 Å². The van der Waals surface area contributed by atoms with Gasteiger partial charge in [-0.25, -0.2) is 14.6 Å². The van der Waals surface area contributed by atoms with E-state index in [1.165, 1.54) is 44.6 Å². The highest BCUT2D eigenvalue weighted by atomic mass is 15.3. The van der Waals surface area contributed by atoms with E-state index in [9.17, 15) is 0 Å². The molecule has 3 aromatic rings. The lowest BCUT2D eigenvalue weighted by molar-refractivity contribution is 0.0815. The summed E-state index contributed by atoms with van der Waals surface area (Å²) in [6.07, 6.45) is 6.26. The molecule has 1 aromatic carbocycles. The Bertz CT molecular complexity index is 1010. The van der Waals surface area contributed by atoms with Crippen molar-refractivity contribution in [3.05, 3.63) is 36.2 Å². The number of benzene rings is 1. The Morgan fingerprint density at radius 1 is 0.900 bits per heavy atom. The Labute approximate surface area is 177 Å². The van der Waals surface area contributed by atoms with E-state index in [1.54, 1.807) is 6.33 Å². The van der Waals surface area contributed by atoms with Crippen molar-refractivity contribution in [2.24, 2.45) is 0 Å². The molecule has 0 atom stereocenters. The van der Waals surface area contributed by atoms with Crippen LogP contribution in [0, 0.1) is 6.92 Å². The maximum atomic E-state index is 6.28. The molecule has 0 unspecified atom stereocenters. The van der Waals surface area contributed by atoms with Gasteiger partial charge in [0.1, 0.15) is 17.8 Å². The largest absolute Gasteiger partial charge is 0.383 e. The third-order valence-corrected chi connectivity index (χ3v) is 6.91. The number of hydrogen-bond donors (Lipinski definition) is 1. The minimum absolute atomic E-state index is 0.365. The molecule has 2 N–H and O–H groups in total. The van der Waals surface area contributed by atoms with Gasteiger partial charge >= 0.3 is 0 Å². The predicted molar refractivity (Wildman–Crippen MR) is 120 cm³/mol. The van der Waals surface area contributed by atoms with Gasteiger partial charge in [0.15, 0.2) is 5.65 Å². The van der Waals surface area contributed by atoms with Gasteiger partial charge < -0.3 is 10.6 Å². The fourth-order valence-electron chi connectivity index (χ4n) is 5.02. The minimum atomic E-state index is 0.365. The Hall–Kier alpha value is -2.51. The van der Waals surface area contributed by atoms with Crippen LogP contribution in [0.25, 0.3) is 22.3 Å². The molecule has 1 saturated heterocycles. The Morgan fingerprint density at radius 2 is 1.57 bits per heavy atom. The Kier molecular flexibility index (Phi) is 5.16. The number of likely N-dealkylation sites (N-methyl/N-ethyl adjacent to an activating group) is 1. The number of aromatic nitrogens is 4. The summed E-state index contributed by atoms with van der Waals surface area (Å²) in [7, 11) is 2.22.